The molecule has 168 valence electrons. The molecule has 0 bridgehead atoms. The topological polar surface area (TPSA) is 76.3 Å². The van der Waals surface area contributed by atoms with Crippen LogP contribution in [0.5, 0.6) is 5.75 Å². The SMILES string of the molecule is COc1cccc(Cn2c(CN3CCCC3)nn(-c3ccc(C4CNNC4)cc3)c2=O)c1. The Morgan fingerprint density at radius 1 is 1.03 bits per heavy atom. The minimum absolute atomic E-state index is 0.112. The van der Waals surface area contributed by atoms with Crippen LogP contribution in [-0.2, 0) is 13.1 Å². The Morgan fingerprint density at radius 3 is 2.50 bits per heavy atom. The van der Waals surface area contributed by atoms with Gasteiger partial charge in [-0.3, -0.25) is 20.3 Å². The molecule has 0 unspecified atom stereocenters. The summed E-state index contributed by atoms with van der Waals surface area (Å²) < 4.78 is 8.70. The molecular formula is C24H30N6O2. The highest BCUT2D eigenvalue weighted by Gasteiger charge is 2.21. The summed E-state index contributed by atoms with van der Waals surface area (Å²) in [5, 5.41) is 4.78. The van der Waals surface area contributed by atoms with E-state index in [4.69, 9.17) is 9.84 Å². The Bertz CT molecular complexity index is 1110. The van der Waals surface area contributed by atoms with Crippen molar-refractivity contribution in [3.05, 3.63) is 76.0 Å². The summed E-state index contributed by atoms with van der Waals surface area (Å²) in [6, 6.07) is 16.1. The first kappa shape index (κ1) is 20.9. The number of likely N-dealkylation sites (tertiary alicyclic amines) is 1. The van der Waals surface area contributed by atoms with E-state index in [1.54, 1.807) is 16.4 Å². The molecule has 2 aliphatic rings. The zero-order valence-corrected chi connectivity index (χ0v) is 18.5. The maximum Gasteiger partial charge on any atom is 0.351 e. The molecule has 2 aliphatic heterocycles. The second-order valence-corrected chi connectivity index (χ2v) is 8.58. The second-order valence-electron chi connectivity index (χ2n) is 8.58. The number of nitrogens with one attached hydrogen (secondary N) is 2. The van der Waals surface area contributed by atoms with Gasteiger partial charge in [0.05, 0.1) is 25.9 Å². The number of methoxy groups -OCH3 is 1. The summed E-state index contributed by atoms with van der Waals surface area (Å²) in [5.74, 6) is 2.03. The predicted octanol–water partition coefficient (Wildman–Crippen LogP) is 1.88. The van der Waals surface area contributed by atoms with E-state index in [9.17, 15) is 4.79 Å². The van der Waals surface area contributed by atoms with Gasteiger partial charge in [0.25, 0.3) is 0 Å². The van der Waals surface area contributed by atoms with Crippen LogP contribution in [0.1, 0.15) is 35.7 Å². The number of aromatic nitrogens is 3. The summed E-state index contributed by atoms with van der Waals surface area (Å²) in [4.78, 5) is 15.8. The number of benzene rings is 2. The minimum Gasteiger partial charge on any atom is -0.497 e. The van der Waals surface area contributed by atoms with Crippen molar-refractivity contribution < 1.29 is 4.74 Å². The van der Waals surface area contributed by atoms with Gasteiger partial charge in [-0.1, -0.05) is 24.3 Å². The maximum atomic E-state index is 13.5. The molecular weight excluding hydrogens is 404 g/mol. The summed E-state index contributed by atoms with van der Waals surface area (Å²) in [5.41, 5.74) is 9.30. The number of rotatable bonds is 7. The van der Waals surface area contributed by atoms with Gasteiger partial charge < -0.3 is 4.74 Å². The van der Waals surface area contributed by atoms with Gasteiger partial charge in [-0.05, 0) is 61.3 Å². The fourth-order valence-corrected chi connectivity index (χ4v) is 4.56. The van der Waals surface area contributed by atoms with Crippen molar-refractivity contribution in [2.45, 2.75) is 31.8 Å². The second kappa shape index (κ2) is 9.28. The summed E-state index contributed by atoms with van der Waals surface area (Å²) in [7, 11) is 1.66. The van der Waals surface area contributed by atoms with E-state index in [1.807, 2.05) is 36.4 Å². The van der Waals surface area contributed by atoms with Crippen molar-refractivity contribution in [2.24, 2.45) is 0 Å². The highest BCUT2D eigenvalue weighted by molar-refractivity contribution is 5.36. The molecule has 5 rings (SSSR count). The Balaban J connectivity index is 1.47. The number of ether oxygens (including phenoxy) is 1. The van der Waals surface area contributed by atoms with Crippen LogP contribution in [0.4, 0.5) is 0 Å². The van der Waals surface area contributed by atoms with E-state index in [2.05, 4.69) is 27.9 Å². The number of hydrogen-bond donors (Lipinski definition) is 2. The van der Waals surface area contributed by atoms with Crippen LogP contribution < -0.4 is 21.3 Å². The predicted molar refractivity (Wildman–Crippen MR) is 123 cm³/mol. The number of hydrogen-bond acceptors (Lipinski definition) is 6. The van der Waals surface area contributed by atoms with Crippen LogP contribution in [0.3, 0.4) is 0 Å². The lowest BCUT2D eigenvalue weighted by Gasteiger charge is -2.14. The molecule has 0 radical (unpaired) electrons. The molecule has 0 aliphatic carbocycles. The zero-order chi connectivity index (χ0) is 21.9. The maximum absolute atomic E-state index is 13.5. The Hall–Kier alpha value is -2.94. The van der Waals surface area contributed by atoms with Crippen molar-refractivity contribution in [3.8, 4) is 11.4 Å². The molecule has 0 atom stereocenters. The Kier molecular flexibility index (Phi) is 6.07. The minimum atomic E-state index is -0.112. The third-order valence-electron chi connectivity index (χ3n) is 6.41. The first-order valence-corrected chi connectivity index (χ1v) is 11.3. The van der Waals surface area contributed by atoms with E-state index in [-0.39, 0.29) is 5.69 Å². The lowest BCUT2D eigenvalue weighted by Crippen LogP contribution is -2.27. The van der Waals surface area contributed by atoms with Crippen molar-refractivity contribution >= 4 is 0 Å². The molecule has 2 aromatic carbocycles. The van der Waals surface area contributed by atoms with Crippen LogP contribution in [0, 0.1) is 0 Å². The smallest absolute Gasteiger partial charge is 0.351 e. The van der Waals surface area contributed by atoms with Crippen molar-refractivity contribution in [2.75, 3.05) is 33.3 Å². The van der Waals surface area contributed by atoms with Gasteiger partial charge in [0.1, 0.15) is 11.6 Å². The molecule has 2 N–H and O–H groups in total. The van der Waals surface area contributed by atoms with Crippen LogP contribution in [-0.4, -0.2) is 52.5 Å². The Labute approximate surface area is 187 Å². The molecule has 3 aromatic rings. The van der Waals surface area contributed by atoms with E-state index in [1.165, 1.54) is 18.4 Å². The molecule has 2 fully saturated rings. The normalized spacial score (nSPS) is 17.3. The lowest BCUT2D eigenvalue weighted by molar-refractivity contribution is 0.316. The van der Waals surface area contributed by atoms with Gasteiger partial charge in [0, 0.05) is 19.0 Å². The van der Waals surface area contributed by atoms with E-state index >= 15 is 0 Å². The monoisotopic (exact) mass is 434 g/mol. The summed E-state index contributed by atoms with van der Waals surface area (Å²) in [6.45, 7) is 5.08. The van der Waals surface area contributed by atoms with Gasteiger partial charge >= 0.3 is 5.69 Å². The number of nitrogens with zero attached hydrogens (tertiary/aromatic N) is 4. The lowest BCUT2D eigenvalue weighted by atomic mass is 10.0. The van der Waals surface area contributed by atoms with Gasteiger partial charge in [-0.2, -0.15) is 4.68 Å². The quantitative estimate of drug-likeness (QED) is 0.591. The summed E-state index contributed by atoms with van der Waals surface area (Å²) in [6.07, 6.45) is 2.40. The third-order valence-corrected chi connectivity index (χ3v) is 6.41. The molecule has 1 aromatic heterocycles. The average Bonchev–Trinajstić information content (AvgIpc) is 3.59. The molecule has 2 saturated heterocycles. The third kappa shape index (κ3) is 4.34. The Morgan fingerprint density at radius 2 is 1.78 bits per heavy atom. The molecule has 0 amide bonds. The molecule has 32 heavy (non-hydrogen) atoms. The van der Waals surface area contributed by atoms with Gasteiger partial charge in [0.2, 0.25) is 0 Å². The van der Waals surface area contributed by atoms with Crippen molar-refractivity contribution in [1.29, 1.82) is 0 Å². The zero-order valence-electron chi connectivity index (χ0n) is 18.5. The highest BCUT2D eigenvalue weighted by atomic mass is 16.5. The fraction of sp³-hybridized carbons (Fsp3) is 0.417. The van der Waals surface area contributed by atoms with Crippen molar-refractivity contribution in [3.63, 3.8) is 0 Å². The molecule has 8 nitrogen and oxygen atoms in total. The van der Waals surface area contributed by atoms with E-state index in [0.29, 0.717) is 19.0 Å². The average molecular weight is 435 g/mol. The first-order valence-electron chi connectivity index (χ1n) is 11.3. The van der Waals surface area contributed by atoms with Gasteiger partial charge in [0.15, 0.2) is 0 Å². The van der Waals surface area contributed by atoms with Crippen LogP contribution in [0.25, 0.3) is 5.69 Å². The van der Waals surface area contributed by atoms with E-state index < -0.39 is 0 Å². The molecule has 0 spiro atoms. The molecule has 0 saturated carbocycles. The van der Waals surface area contributed by atoms with E-state index in [0.717, 1.165) is 49.0 Å². The molecule has 3 heterocycles. The standard InChI is InChI=1S/C24H30N6O2/c1-32-22-6-4-5-18(13-22)16-29-23(17-28-11-2-3-12-28)27-30(24(29)31)21-9-7-19(8-10-21)20-14-25-26-15-20/h4-10,13,20,25-26H,2-3,11-12,14-17H2,1H3. The first-order chi connectivity index (χ1) is 15.7. The van der Waals surface area contributed by atoms with Crippen molar-refractivity contribution in [1.82, 2.24) is 30.1 Å². The van der Waals surface area contributed by atoms with Crippen LogP contribution in [0.15, 0.2) is 53.3 Å². The van der Waals surface area contributed by atoms with Crippen LogP contribution >= 0.6 is 0 Å². The van der Waals surface area contributed by atoms with Gasteiger partial charge in [-0.15, -0.1) is 5.10 Å². The number of hydrazine groups is 1. The molecule has 8 heteroatoms. The van der Waals surface area contributed by atoms with Gasteiger partial charge in [-0.25, -0.2) is 4.79 Å². The summed E-state index contributed by atoms with van der Waals surface area (Å²) >= 11 is 0. The highest BCUT2D eigenvalue weighted by Crippen LogP contribution is 2.19. The largest absolute Gasteiger partial charge is 0.497 e. The fourth-order valence-electron chi connectivity index (χ4n) is 4.56. The van der Waals surface area contributed by atoms with Crippen LogP contribution in [0.2, 0.25) is 0 Å².